The van der Waals surface area contributed by atoms with Crippen molar-refractivity contribution < 1.29 is 24.2 Å². The SMILES string of the molecule is CCCCOc1ccc(C2/C(=C(\O)c3cc(C)ccc3OC)C(=O)C(=O)N2CCC)cc1. The number of methoxy groups -OCH3 is 1. The molecular weight excluding hydrogens is 406 g/mol. The average molecular weight is 438 g/mol. The molecule has 1 aliphatic heterocycles. The van der Waals surface area contributed by atoms with E-state index < -0.39 is 17.7 Å². The molecule has 0 aliphatic carbocycles. The van der Waals surface area contributed by atoms with Gasteiger partial charge in [-0.1, -0.05) is 44.0 Å². The van der Waals surface area contributed by atoms with Crippen LogP contribution in [0.1, 0.15) is 55.8 Å². The number of aliphatic hydroxyl groups is 1. The molecule has 1 amide bonds. The number of aryl methyl sites for hydroxylation is 1. The van der Waals surface area contributed by atoms with Gasteiger partial charge in [0.1, 0.15) is 17.3 Å². The van der Waals surface area contributed by atoms with E-state index in [-0.39, 0.29) is 11.3 Å². The first-order chi connectivity index (χ1) is 15.4. The normalized spacial score (nSPS) is 17.6. The molecule has 1 aliphatic rings. The summed E-state index contributed by atoms with van der Waals surface area (Å²) in [6, 6.07) is 12.1. The van der Waals surface area contributed by atoms with E-state index >= 15 is 0 Å². The van der Waals surface area contributed by atoms with Crippen LogP contribution in [0.5, 0.6) is 11.5 Å². The van der Waals surface area contributed by atoms with Crippen molar-refractivity contribution in [1.29, 1.82) is 0 Å². The molecule has 1 heterocycles. The summed E-state index contributed by atoms with van der Waals surface area (Å²) >= 11 is 0. The number of ketones is 1. The van der Waals surface area contributed by atoms with E-state index in [1.807, 2.05) is 44.2 Å². The van der Waals surface area contributed by atoms with Crippen LogP contribution in [0.25, 0.3) is 5.76 Å². The lowest BCUT2D eigenvalue weighted by Gasteiger charge is -2.25. The highest BCUT2D eigenvalue weighted by Gasteiger charge is 2.45. The van der Waals surface area contributed by atoms with Crippen molar-refractivity contribution in [3.8, 4) is 11.5 Å². The molecule has 6 heteroatoms. The highest BCUT2D eigenvalue weighted by molar-refractivity contribution is 6.46. The summed E-state index contributed by atoms with van der Waals surface area (Å²) in [4.78, 5) is 27.4. The molecule has 0 bridgehead atoms. The quantitative estimate of drug-likeness (QED) is 0.258. The number of rotatable bonds is 9. The van der Waals surface area contributed by atoms with Crippen LogP contribution in [0.15, 0.2) is 48.0 Å². The number of carbonyl (C=O) groups is 2. The van der Waals surface area contributed by atoms with Gasteiger partial charge in [0.15, 0.2) is 0 Å². The number of carbonyl (C=O) groups excluding carboxylic acids is 2. The van der Waals surface area contributed by atoms with E-state index in [2.05, 4.69) is 6.92 Å². The highest BCUT2D eigenvalue weighted by Crippen LogP contribution is 2.41. The Hall–Kier alpha value is -3.28. The van der Waals surface area contributed by atoms with Gasteiger partial charge in [0.2, 0.25) is 0 Å². The van der Waals surface area contributed by atoms with Gasteiger partial charge in [0, 0.05) is 6.54 Å². The fourth-order valence-electron chi connectivity index (χ4n) is 3.93. The van der Waals surface area contributed by atoms with E-state index in [4.69, 9.17) is 9.47 Å². The van der Waals surface area contributed by atoms with Crippen LogP contribution in [0.3, 0.4) is 0 Å². The zero-order valence-corrected chi connectivity index (χ0v) is 19.2. The minimum atomic E-state index is -0.687. The largest absolute Gasteiger partial charge is 0.507 e. The lowest BCUT2D eigenvalue weighted by molar-refractivity contribution is -0.139. The molecule has 6 nitrogen and oxygen atoms in total. The number of ether oxygens (including phenoxy) is 2. The van der Waals surface area contributed by atoms with Crippen molar-refractivity contribution >= 4 is 17.4 Å². The van der Waals surface area contributed by atoms with Crippen LogP contribution in [0.2, 0.25) is 0 Å². The second-order valence-corrected chi connectivity index (χ2v) is 7.97. The minimum absolute atomic E-state index is 0.0759. The van der Waals surface area contributed by atoms with Gasteiger partial charge in [-0.3, -0.25) is 9.59 Å². The first-order valence-corrected chi connectivity index (χ1v) is 11.1. The standard InChI is InChI=1S/C26H31NO5/c1-5-7-15-32-19-11-9-18(10-12-19)23-22(25(29)26(30)27(23)14-6-2)24(28)20-16-17(3)8-13-21(20)31-4/h8-13,16,23,28H,5-7,14-15H2,1-4H3/b24-22+. The van der Waals surface area contributed by atoms with Gasteiger partial charge in [0.05, 0.1) is 30.9 Å². The molecule has 1 atom stereocenters. The Balaban J connectivity index is 2.09. The molecule has 0 radical (unpaired) electrons. The van der Waals surface area contributed by atoms with Gasteiger partial charge in [-0.05, 0) is 49.6 Å². The topological polar surface area (TPSA) is 76.1 Å². The van der Waals surface area contributed by atoms with Crippen LogP contribution in [0.4, 0.5) is 0 Å². The number of unbranched alkanes of at least 4 members (excludes halogenated alkanes) is 1. The molecule has 3 rings (SSSR count). The number of Topliss-reactive ketones (excluding diaryl/α,β-unsaturated/α-hetero) is 1. The number of amides is 1. The van der Waals surface area contributed by atoms with E-state index in [9.17, 15) is 14.7 Å². The van der Waals surface area contributed by atoms with Gasteiger partial charge in [-0.15, -0.1) is 0 Å². The van der Waals surface area contributed by atoms with Crippen molar-refractivity contribution in [2.24, 2.45) is 0 Å². The lowest BCUT2D eigenvalue weighted by atomic mass is 9.94. The molecule has 1 N–H and O–H groups in total. The summed E-state index contributed by atoms with van der Waals surface area (Å²) in [5.41, 5.74) is 2.12. The Kier molecular flexibility index (Phi) is 7.57. The molecule has 0 aromatic heterocycles. The molecule has 0 saturated carbocycles. The van der Waals surface area contributed by atoms with Gasteiger partial charge >= 0.3 is 0 Å². The summed E-state index contributed by atoms with van der Waals surface area (Å²) in [5, 5.41) is 11.2. The van der Waals surface area contributed by atoms with Crippen LogP contribution in [-0.4, -0.2) is 42.0 Å². The zero-order valence-electron chi connectivity index (χ0n) is 19.2. The minimum Gasteiger partial charge on any atom is -0.507 e. The van der Waals surface area contributed by atoms with Gasteiger partial charge in [0.25, 0.3) is 11.7 Å². The van der Waals surface area contributed by atoms with Crippen LogP contribution >= 0.6 is 0 Å². The van der Waals surface area contributed by atoms with Crippen molar-refractivity contribution in [2.45, 2.75) is 46.1 Å². The molecule has 2 aromatic carbocycles. The molecule has 1 unspecified atom stereocenters. The summed E-state index contributed by atoms with van der Waals surface area (Å²) in [7, 11) is 1.51. The lowest BCUT2D eigenvalue weighted by Crippen LogP contribution is -2.30. The van der Waals surface area contributed by atoms with Crippen molar-refractivity contribution in [1.82, 2.24) is 4.90 Å². The average Bonchev–Trinajstić information content (AvgIpc) is 3.04. The van der Waals surface area contributed by atoms with Gasteiger partial charge in [-0.2, -0.15) is 0 Å². The van der Waals surface area contributed by atoms with Crippen molar-refractivity contribution in [2.75, 3.05) is 20.3 Å². The number of hydrogen-bond donors (Lipinski definition) is 1. The molecular formula is C26H31NO5. The highest BCUT2D eigenvalue weighted by atomic mass is 16.5. The maximum Gasteiger partial charge on any atom is 0.295 e. The van der Waals surface area contributed by atoms with Crippen LogP contribution in [-0.2, 0) is 9.59 Å². The maximum absolute atomic E-state index is 13.0. The fraction of sp³-hybridized carbons (Fsp3) is 0.385. The molecule has 2 aromatic rings. The van der Waals surface area contributed by atoms with E-state index in [1.54, 1.807) is 12.1 Å². The van der Waals surface area contributed by atoms with Crippen LogP contribution in [0, 0.1) is 6.92 Å². The Morgan fingerprint density at radius 1 is 1.06 bits per heavy atom. The maximum atomic E-state index is 13.0. The number of aliphatic hydroxyl groups excluding tert-OH is 1. The predicted octanol–water partition coefficient (Wildman–Crippen LogP) is 5.01. The van der Waals surface area contributed by atoms with Crippen molar-refractivity contribution in [3.63, 3.8) is 0 Å². The molecule has 170 valence electrons. The summed E-state index contributed by atoms with van der Waals surface area (Å²) in [6.07, 6.45) is 2.71. The Morgan fingerprint density at radius 2 is 1.78 bits per heavy atom. The van der Waals surface area contributed by atoms with Crippen LogP contribution < -0.4 is 9.47 Å². The Bertz CT molecular complexity index is 1010. The third kappa shape index (κ3) is 4.64. The number of likely N-dealkylation sites (tertiary alicyclic amines) is 1. The Labute approximate surface area is 189 Å². The number of hydrogen-bond acceptors (Lipinski definition) is 5. The smallest absolute Gasteiger partial charge is 0.295 e. The molecule has 0 spiro atoms. The fourth-order valence-corrected chi connectivity index (χ4v) is 3.93. The first-order valence-electron chi connectivity index (χ1n) is 11.1. The summed E-state index contributed by atoms with van der Waals surface area (Å²) in [6.45, 7) is 6.99. The predicted molar refractivity (Wildman–Crippen MR) is 124 cm³/mol. The third-order valence-electron chi connectivity index (χ3n) is 5.58. The summed E-state index contributed by atoms with van der Waals surface area (Å²) < 4.78 is 11.1. The number of nitrogens with zero attached hydrogens (tertiary/aromatic N) is 1. The number of benzene rings is 2. The van der Waals surface area contributed by atoms with Gasteiger partial charge in [-0.25, -0.2) is 0 Å². The van der Waals surface area contributed by atoms with Crippen molar-refractivity contribution in [3.05, 3.63) is 64.7 Å². The Morgan fingerprint density at radius 3 is 2.41 bits per heavy atom. The van der Waals surface area contributed by atoms with Gasteiger partial charge < -0.3 is 19.5 Å². The van der Waals surface area contributed by atoms with E-state index in [0.29, 0.717) is 30.9 Å². The zero-order chi connectivity index (χ0) is 23.3. The summed E-state index contributed by atoms with van der Waals surface area (Å²) in [5.74, 6) is -0.347. The first kappa shape index (κ1) is 23.4. The second kappa shape index (κ2) is 10.4. The van der Waals surface area contributed by atoms with E-state index in [1.165, 1.54) is 12.0 Å². The molecule has 1 fully saturated rings. The molecule has 32 heavy (non-hydrogen) atoms. The monoisotopic (exact) mass is 437 g/mol. The second-order valence-electron chi connectivity index (χ2n) is 7.97. The van der Waals surface area contributed by atoms with E-state index in [0.717, 1.165) is 29.7 Å². The third-order valence-corrected chi connectivity index (χ3v) is 5.58. The molecule has 1 saturated heterocycles.